The van der Waals surface area contributed by atoms with E-state index >= 15 is 0 Å². The lowest BCUT2D eigenvalue weighted by atomic mass is 10.3. The molecule has 0 aromatic carbocycles. The van der Waals surface area contributed by atoms with E-state index in [0.717, 1.165) is 17.1 Å². The first-order valence-corrected chi connectivity index (χ1v) is 6.50. The van der Waals surface area contributed by atoms with Gasteiger partial charge in [-0.2, -0.15) is 0 Å². The fourth-order valence-corrected chi connectivity index (χ4v) is 2.27. The van der Waals surface area contributed by atoms with E-state index in [1.807, 2.05) is 11.4 Å². The van der Waals surface area contributed by atoms with Gasteiger partial charge in [0.05, 0.1) is 17.1 Å². The molecule has 3 N–H and O–H groups in total. The van der Waals surface area contributed by atoms with E-state index in [9.17, 15) is 4.79 Å². The number of carbonyl (C=O) groups excluding carboxylic acids is 1. The van der Waals surface area contributed by atoms with Gasteiger partial charge in [-0.3, -0.25) is 4.79 Å². The molecule has 0 saturated carbocycles. The summed E-state index contributed by atoms with van der Waals surface area (Å²) in [5.74, 6) is 0.443. The fourth-order valence-electron chi connectivity index (χ4n) is 1.46. The van der Waals surface area contributed by atoms with Crippen LogP contribution in [-0.2, 0) is 17.6 Å². The van der Waals surface area contributed by atoms with Crippen molar-refractivity contribution in [3.05, 3.63) is 40.5 Å². The third kappa shape index (κ3) is 3.61. The van der Waals surface area contributed by atoms with Gasteiger partial charge in [-0.1, -0.05) is 6.07 Å². The zero-order chi connectivity index (χ0) is 12.8. The van der Waals surface area contributed by atoms with Crippen LogP contribution in [0.15, 0.2) is 29.8 Å². The van der Waals surface area contributed by atoms with Crippen molar-refractivity contribution in [2.45, 2.75) is 12.8 Å². The molecule has 2 rings (SSSR count). The number of nitrogens with zero attached hydrogens (tertiary/aromatic N) is 2. The quantitative estimate of drug-likeness (QED) is 0.849. The van der Waals surface area contributed by atoms with Crippen LogP contribution in [0.2, 0.25) is 0 Å². The maximum Gasteiger partial charge on any atom is 0.231 e. The summed E-state index contributed by atoms with van der Waals surface area (Å²) >= 11 is 1.54. The second kappa shape index (κ2) is 6.23. The maximum absolute atomic E-state index is 11.7. The van der Waals surface area contributed by atoms with E-state index in [2.05, 4.69) is 15.3 Å². The number of hydrogen-bond donors (Lipinski definition) is 2. The molecule has 94 valence electrons. The first-order chi connectivity index (χ1) is 8.78. The third-order valence-corrected chi connectivity index (χ3v) is 3.19. The molecule has 5 nitrogen and oxygen atoms in total. The Bertz CT molecular complexity index is 512. The molecular weight excluding hydrogens is 248 g/mol. The Labute approximate surface area is 109 Å². The molecule has 0 saturated heterocycles. The average molecular weight is 262 g/mol. The molecule has 18 heavy (non-hydrogen) atoms. The number of rotatable bonds is 5. The lowest BCUT2D eigenvalue weighted by Gasteiger charge is -2.01. The molecule has 0 atom stereocenters. The van der Waals surface area contributed by atoms with Crippen LogP contribution in [-0.4, -0.2) is 22.4 Å². The zero-order valence-corrected chi connectivity index (χ0v) is 10.6. The van der Waals surface area contributed by atoms with Crippen LogP contribution in [0.3, 0.4) is 0 Å². The number of pyridine rings is 1. The number of anilines is 1. The zero-order valence-electron chi connectivity index (χ0n) is 9.80. The topological polar surface area (TPSA) is 80.9 Å². The molecule has 0 bridgehead atoms. The number of carbonyl (C=O) groups is 1. The van der Waals surface area contributed by atoms with Crippen LogP contribution in [0.25, 0.3) is 0 Å². The lowest BCUT2D eigenvalue weighted by molar-refractivity contribution is -0.115. The number of nitrogens with two attached hydrogens (primary N) is 1. The third-order valence-electron chi connectivity index (χ3n) is 2.23. The minimum atomic E-state index is -0.113. The van der Waals surface area contributed by atoms with E-state index in [-0.39, 0.29) is 12.3 Å². The molecule has 0 radical (unpaired) electrons. The molecule has 0 fully saturated rings. The summed E-state index contributed by atoms with van der Waals surface area (Å²) in [5, 5.41) is 5.58. The molecule has 0 aliphatic heterocycles. The van der Waals surface area contributed by atoms with Crippen LogP contribution >= 0.6 is 11.3 Å². The Hall–Kier alpha value is -1.79. The molecule has 6 heteroatoms. The summed E-state index contributed by atoms with van der Waals surface area (Å²) in [6, 6.07) is 5.37. The van der Waals surface area contributed by atoms with E-state index in [4.69, 9.17) is 5.73 Å². The van der Waals surface area contributed by atoms with Crippen molar-refractivity contribution < 1.29 is 4.79 Å². The molecule has 0 unspecified atom stereocenters. The summed E-state index contributed by atoms with van der Waals surface area (Å²) in [6.45, 7) is 0.576. The first-order valence-electron chi connectivity index (χ1n) is 5.62. The first kappa shape index (κ1) is 12.7. The SMILES string of the molecule is NCCc1nc(CC(=O)Nc2ccccn2)cs1. The minimum Gasteiger partial charge on any atom is -0.330 e. The van der Waals surface area contributed by atoms with Gasteiger partial charge in [0.2, 0.25) is 5.91 Å². The second-order valence-corrected chi connectivity index (χ2v) is 4.65. The van der Waals surface area contributed by atoms with Crippen molar-refractivity contribution in [2.24, 2.45) is 5.73 Å². The van der Waals surface area contributed by atoms with Crippen molar-refractivity contribution in [1.82, 2.24) is 9.97 Å². The molecule has 0 aliphatic rings. The average Bonchev–Trinajstić information content (AvgIpc) is 2.78. The van der Waals surface area contributed by atoms with E-state index in [0.29, 0.717) is 12.4 Å². The van der Waals surface area contributed by atoms with E-state index < -0.39 is 0 Å². The Kier molecular flexibility index (Phi) is 4.38. The van der Waals surface area contributed by atoms with Gasteiger partial charge in [-0.05, 0) is 18.7 Å². The smallest absolute Gasteiger partial charge is 0.231 e. The van der Waals surface area contributed by atoms with Crippen LogP contribution in [0.5, 0.6) is 0 Å². The van der Waals surface area contributed by atoms with Gasteiger partial charge in [0.1, 0.15) is 5.82 Å². The standard InChI is InChI=1S/C12H14N4OS/c13-5-4-12-15-9(8-18-12)7-11(17)16-10-3-1-2-6-14-10/h1-3,6,8H,4-5,7,13H2,(H,14,16,17). The fraction of sp³-hybridized carbons (Fsp3) is 0.250. The lowest BCUT2D eigenvalue weighted by Crippen LogP contribution is -2.15. The van der Waals surface area contributed by atoms with Crippen LogP contribution in [0, 0.1) is 0 Å². The van der Waals surface area contributed by atoms with Crippen molar-refractivity contribution >= 4 is 23.1 Å². The predicted molar refractivity (Wildman–Crippen MR) is 71.4 cm³/mol. The highest BCUT2D eigenvalue weighted by atomic mass is 32.1. The van der Waals surface area contributed by atoms with E-state index in [1.165, 1.54) is 11.3 Å². The van der Waals surface area contributed by atoms with E-state index in [1.54, 1.807) is 18.3 Å². The van der Waals surface area contributed by atoms with Crippen LogP contribution in [0.4, 0.5) is 5.82 Å². The number of aromatic nitrogens is 2. The van der Waals surface area contributed by atoms with Gasteiger partial charge >= 0.3 is 0 Å². The number of thiazole rings is 1. The van der Waals surface area contributed by atoms with Crippen LogP contribution < -0.4 is 11.1 Å². The van der Waals surface area contributed by atoms with Gasteiger partial charge in [0.25, 0.3) is 0 Å². The monoisotopic (exact) mass is 262 g/mol. The highest BCUT2D eigenvalue weighted by molar-refractivity contribution is 7.09. The Morgan fingerprint density at radius 1 is 1.44 bits per heavy atom. The largest absolute Gasteiger partial charge is 0.330 e. The number of nitrogens with one attached hydrogen (secondary N) is 1. The highest BCUT2D eigenvalue weighted by Crippen LogP contribution is 2.11. The van der Waals surface area contributed by atoms with Gasteiger partial charge in [0.15, 0.2) is 0 Å². The second-order valence-electron chi connectivity index (χ2n) is 3.71. The summed E-state index contributed by atoms with van der Waals surface area (Å²) in [6.07, 6.45) is 2.65. The van der Waals surface area contributed by atoms with Crippen LogP contribution in [0.1, 0.15) is 10.7 Å². The molecule has 2 heterocycles. The van der Waals surface area contributed by atoms with Crippen molar-refractivity contribution in [2.75, 3.05) is 11.9 Å². The summed E-state index contributed by atoms with van der Waals surface area (Å²) in [5.41, 5.74) is 6.23. The Morgan fingerprint density at radius 3 is 3.06 bits per heavy atom. The minimum absolute atomic E-state index is 0.113. The summed E-state index contributed by atoms with van der Waals surface area (Å²) < 4.78 is 0. The van der Waals surface area contributed by atoms with Crippen molar-refractivity contribution in [1.29, 1.82) is 0 Å². The van der Waals surface area contributed by atoms with Crippen molar-refractivity contribution in [3.8, 4) is 0 Å². The Morgan fingerprint density at radius 2 is 2.33 bits per heavy atom. The Balaban J connectivity index is 1.90. The summed E-state index contributed by atoms with van der Waals surface area (Å²) in [7, 11) is 0. The normalized spacial score (nSPS) is 10.3. The number of amides is 1. The predicted octanol–water partition coefficient (Wildman–Crippen LogP) is 1.22. The molecule has 2 aromatic heterocycles. The highest BCUT2D eigenvalue weighted by Gasteiger charge is 2.08. The summed E-state index contributed by atoms with van der Waals surface area (Å²) in [4.78, 5) is 20.1. The van der Waals surface area contributed by atoms with Gasteiger partial charge in [-0.15, -0.1) is 11.3 Å². The van der Waals surface area contributed by atoms with Gasteiger partial charge < -0.3 is 11.1 Å². The molecular formula is C12H14N4OS. The molecule has 0 aliphatic carbocycles. The van der Waals surface area contributed by atoms with Crippen molar-refractivity contribution in [3.63, 3.8) is 0 Å². The van der Waals surface area contributed by atoms with Gasteiger partial charge in [0, 0.05) is 18.0 Å². The van der Waals surface area contributed by atoms with Gasteiger partial charge in [-0.25, -0.2) is 9.97 Å². The number of hydrogen-bond acceptors (Lipinski definition) is 5. The maximum atomic E-state index is 11.7. The molecule has 1 amide bonds. The molecule has 0 spiro atoms. The molecule has 2 aromatic rings.